The molecule has 1 heterocycles. The first-order valence-electron chi connectivity index (χ1n) is 5.25. The van der Waals surface area contributed by atoms with Crippen LogP contribution in [0.2, 0.25) is 0 Å². The Balaban J connectivity index is 0.00000200. The van der Waals surface area contributed by atoms with E-state index in [0.29, 0.717) is 11.4 Å². The van der Waals surface area contributed by atoms with E-state index in [-0.39, 0.29) is 40.4 Å². The summed E-state index contributed by atoms with van der Waals surface area (Å²) in [5.74, 6) is 0.410. The van der Waals surface area contributed by atoms with Crippen LogP contribution in [-0.4, -0.2) is 25.5 Å². The maximum atomic E-state index is 12.0. The SMILES string of the molecule is COc1cnc(NS(=O)(=O)c2ccc(N)cc2)nc1.[Na+]. The number of ether oxygens (including phenoxy) is 1. The van der Waals surface area contributed by atoms with Gasteiger partial charge < -0.3 is 10.5 Å². The Bertz CT molecular complexity index is 659. The number of nitrogens with zero attached hydrogens (tertiary/aromatic N) is 2. The molecule has 0 aliphatic carbocycles. The first kappa shape index (κ1) is 16.7. The van der Waals surface area contributed by atoms with E-state index in [1.165, 1.54) is 43.8 Å². The number of nitrogens with one attached hydrogen (secondary N) is 1. The number of hydrogen-bond acceptors (Lipinski definition) is 6. The molecule has 0 bridgehead atoms. The molecule has 0 saturated carbocycles. The minimum Gasteiger partial charge on any atom is -0.494 e. The predicted molar refractivity (Wildman–Crippen MR) is 70.2 cm³/mol. The summed E-state index contributed by atoms with van der Waals surface area (Å²) in [6.45, 7) is 0. The summed E-state index contributed by atoms with van der Waals surface area (Å²) in [6, 6.07) is 5.81. The average Bonchev–Trinajstić information content (AvgIpc) is 2.40. The Morgan fingerprint density at radius 1 is 1.15 bits per heavy atom. The zero-order chi connectivity index (χ0) is 13.9. The van der Waals surface area contributed by atoms with Crippen molar-refractivity contribution in [3.8, 4) is 5.75 Å². The third kappa shape index (κ3) is 4.07. The van der Waals surface area contributed by atoms with Gasteiger partial charge in [0.2, 0.25) is 5.95 Å². The molecular weight excluding hydrogens is 291 g/mol. The van der Waals surface area contributed by atoms with E-state index in [2.05, 4.69) is 14.7 Å². The molecule has 0 amide bonds. The number of hydrogen-bond donors (Lipinski definition) is 2. The summed E-state index contributed by atoms with van der Waals surface area (Å²) in [7, 11) is -2.25. The maximum Gasteiger partial charge on any atom is 1.00 e. The summed E-state index contributed by atoms with van der Waals surface area (Å²) in [6.07, 6.45) is 2.74. The molecule has 0 aliphatic rings. The topological polar surface area (TPSA) is 107 Å². The Labute approximate surface area is 138 Å². The molecule has 20 heavy (non-hydrogen) atoms. The minimum atomic E-state index is -3.72. The molecule has 2 aromatic rings. The van der Waals surface area contributed by atoms with Gasteiger partial charge in [0.1, 0.15) is 0 Å². The van der Waals surface area contributed by atoms with Gasteiger partial charge in [-0.1, -0.05) is 0 Å². The molecule has 100 valence electrons. The second-order valence-corrected chi connectivity index (χ2v) is 5.30. The minimum absolute atomic E-state index is 0. The zero-order valence-electron chi connectivity index (χ0n) is 11.1. The zero-order valence-corrected chi connectivity index (χ0v) is 13.9. The van der Waals surface area contributed by atoms with Gasteiger partial charge in [-0.2, -0.15) is 0 Å². The Morgan fingerprint density at radius 3 is 2.20 bits per heavy atom. The standard InChI is InChI=1S/C11H12N4O3S.Na/c1-18-9-6-13-11(14-7-9)15-19(16,17)10-4-2-8(12)3-5-10;/h2-7H,12H2,1H3,(H,13,14,15);/q;+1. The van der Waals surface area contributed by atoms with Crippen molar-refractivity contribution in [3.05, 3.63) is 36.7 Å². The molecule has 0 radical (unpaired) electrons. The van der Waals surface area contributed by atoms with Crippen LogP contribution >= 0.6 is 0 Å². The monoisotopic (exact) mass is 303 g/mol. The van der Waals surface area contributed by atoms with Crippen molar-refractivity contribution in [2.24, 2.45) is 0 Å². The molecule has 3 N–H and O–H groups in total. The van der Waals surface area contributed by atoms with Gasteiger partial charge in [-0.05, 0) is 24.3 Å². The van der Waals surface area contributed by atoms with E-state index in [0.717, 1.165) is 0 Å². The second kappa shape index (κ2) is 6.89. The molecule has 1 aromatic heterocycles. The van der Waals surface area contributed by atoms with Gasteiger partial charge in [-0.3, -0.25) is 0 Å². The van der Waals surface area contributed by atoms with E-state index in [4.69, 9.17) is 10.5 Å². The number of nitrogen functional groups attached to an aromatic ring is 1. The Morgan fingerprint density at radius 2 is 1.70 bits per heavy atom. The van der Waals surface area contributed by atoms with Crippen LogP contribution in [0.25, 0.3) is 0 Å². The first-order valence-corrected chi connectivity index (χ1v) is 6.74. The maximum absolute atomic E-state index is 12.0. The fourth-order valence-electron chi connectivity index (χ4n) is 1.30. The molecule has 0 fully saturated rings. The molecule has 0 spiro atoms. The average molecular weight is 303 g/mol. The van der Waals surface area contributed by atoms with Crippen molar-refractivity contribution in [1.29, 1.82) is 0 Å². The van der Waals surface area contributed by atoms with Crippen molar-refractivity contribution >= 4 is 21.7 Å². The van der Waals surface area contributed by atoms with Gasteiger partial charge in [0, 0.05) is 5.69 Å². The van der Waals surface area contributed by atoms with Crippen LogP contribution < -0.4 is 44.7 Å². The molecule has 2 rings (SSSR count). The van der Waals surface area contributed by atoms with E-state index >= 15 is 0 Å². The molecule has 0 atom stereocenters. The van der Waals surface area contributed by atoms with E-state index < -0.39 is 10.0 Å². The molecule has 1 aromatic carbocycles. The van der Waals surface area contributed by atoms with Gasteiger partial charge in [-0.25, -0.2) is 23.1 Å². The Kier molecular flexibility index (Phi) is 5.75. The fourth-order valence-corrected chi connectivity index (χ4v) is 2.26. The molecule has 7 nitrogen and oxygen atoms in total. The summed E-state index contributed by atoms with van der Waals surface area (Å²) >= 11 is 0. The molecule has 0 saturated heterocycles. The number of anilines is 2. The third-order valence-corrected chi connectivity index (χ3v) is 3.62. The molecule has 0 aliphatic heterocycles. The second-order valence-electron chi connectivity index (χ2n) is 3.62. The number of aromatic nitrogens is 2. The summed E-state index contributed by atoms with van der Waals surface area (Å²) in [5.41, 5.74) is 5.99. The number of nitrogens with two attached hydrogens (primary N) is 1. The fraction of sp³-hybridized carbons (Fsp3) is 0.0909. The van der Waals surface area contributed by atoms with Crippen molar-refractivity contribution in [1.82, 2.24) is 9.97 Å². The Hall–Kier alpha value is -1.35. The predicted octanol–water partition coefficient (Wildman–Crippen LogP) is -2.13. The molecule has 9 heteroatoms. The van der Waals surface area contributed by atoms with E-state index in [1.807, 2.05) is 0 Å². The summed E-state index contributed by atoms with van der Waals surface area (Å²) < 4.78 is 31.1. The number of benzene rings is 1. The van der Waals surface area contributed by atoms with E-state index in [1.54, 1.807) is 0 Å². The summed E-state index contributed by atoms with van der Waals surface area (Å²) in [5, 5.41) is 0. The quantitative estimate of drug-likeness (QED) is 0.494. The normalized spacial score (nSPS) is 10.4. The van der Waals surface area contributed by atoms with Crippen molar-refractivity contribution in [2.75, 3.05) is 17.6 Å². The van der Waals surface area contributed by atoms with Crippen molar-refractivity contribution in [3.63, 3.8) is 0 Å². The van der Waals surface area contributed by atoms with Crippen LogP contribution in [0.15, 0.2) is 41.6 Å². The van der Waals surface area contributed by atoms with Crippen molar-refractivity contribution < 1.29 is 42.7 Å². The van der Waals surface area contributed by atoms with Gasteiger partial charge in [0.25, 0.3) is 10.0 Å². The largest absolute Gasteiger partial charge is 1.00 e. The first-order chi connectivity index (χ1) is 9.01. The van der Waals surface area contributed by atoms with Gasteiger partial charge in [0.05, 0.1) is 24.4 Å². The van der Waals surface area contributed by atoms with Crippen LogP contribution in [0.3, 0.4) is 0 Å². The van der Waals surface area contributed by atoms with Crippen LogP contribution in [-0.2, 0) is 10.0 Å². The smallest absolute Gasteiger partial charge is 0.494 e. The molecule has 0 unspecified atom stereocenters. The number of sulfonamides is 1. The number of rotatable bonds is 4. The van der Waals surface area contributed by atoms with Crippen LogP contribution in [0.1, 0.15) is 0 Å². The van der Waals surface area contributed by atoms with Crippen molar-refractivity contribution in [2.45, 2.75) is 4.90 Å². The van der Waals surface area contributed by atoms with E-state index in [9.17, 15) is 8.42 Å². The number of methoxy groups -OCH3 is 1. The summed E-state index contributed by atoms with van der Waals surface area (Å²) in [4.78, 5) is 7.74. The third-order valence-electron chi connectivity index (χ3n) is 2.28. The van der Waals surface area contributed by atoms with Gasteiger partial charge >= 0.3 is 29.6 Å². The van der Waals surface area contributed by atoms with Gasteiger partial charge in [-0.15, -0.1) is 0 Å². The van der Waals surface area contributed by atoms with Crippen LogP contribution in [0, 0.1) is 0 Å². The molecular formula is C11H12N4NaO3S+. The van der Waals surface area contributed by atoms with Crippen LogP contribution in [0.5, 0.6) is 5.75 Å². The van der Waals surface area contributed by atoms with Crippen LogP contribution in [0.4, 0.5) is 11.6 Å². The van der Waals surface area contributed by atoms with Gasteiger partial charge in [0.15, 0.2) is 5.75 Å².